The highest BCUT2D eigenvalue weighted by Crippen LogP contribution is 2.38. The molecule has 0 radical (unpaired) electrons. The number of fused-ring (bicyclic) bond motifs is 2. The molecule has 2 fully saturated rings. The number of hydrogen-bond donors (Lipinski definition) is 0. The largest absolute Gasteiger partial charge is 0.465 e. The summed E-state index contributed by atoms with van der Waals surface area (Å²) in [6.07, 6.45) is 4.29. The fraction of sp³-hybridized carbons (Fsp3) is 0.667. The Hall–Kier alpha value is -0.760. The quantitative estimate of drug-likeness (QED) is 0.714. The van der Waals surface area contributed by atoms with Crippen LogP contribution in [0.1, 0.15) is 30.8 Å². The summed E-state index contributed by atoms with van der Waals surface area (Å²) in [6.45, 7) is 4.33. The van der Waals surface area contributed by atoms with Gasteiger partial charge in [0.2, 0.25) is 0 Å². The van der Waals surface area contributed by atoms with Crippen molar-refractivity contribution in [3.63, 3.8) is 0 Å². The molecule has 1 aromatic heterocycles. The summed E-state index contributed by atoms with van der Waals surface area (Å²) in [5, 5.41) is 0. The molecule has 1 saturated heterocycles. The van der Waals surface area contributed by atoms with Crippen LogP contribution in [0.4, 0.5) is 0 Å². The summed E-state index contributed by atoms with van der Waals surface area (Å²) < 4.78 is 5.61. The number of furan rings is 1. The molecule has 0 aromatic carbocycles. The van der Waals surface area contributed by atoms with Crippen LogP contribution in [-0.4, -0.2) is 17.5 Å². The Bertz CT molecular complexity index is 331. The number of hydrogen-bond acceptors (Lipinski definition) is 2. The number of piperidine rings is 1. The highest BCUT2D eigenvalue weighted by atomic mass is 16.3. The molecule has 0 amide bonds. The lowest BCUT2D eigenvalue weighted by molar-refractivity contribution is 0.189. The summed E-state index contributed by atoms with van der Waals surface area (Å²) in [6, 6.07) is 5.02. The minimum Gasteiger partial charge on any atom is -0.465 e. The topological polar surface area (TPSA) is 16.4 Å². The van der Waals surface area contributed by atoms with Gasteiger partial charge in [0.1, 0.15) is 11.5 Å². The van der Waals surface area contributed by atoms with Gasteiger partial charge >= 0.3 is 0 Å². The van der Waals surface area contributed by atoms with Crippen LogP contribution in [0.2, 0.25) is 0 Å². The molecule has 2 atom stereocenters. The maximum atomic E-state index is 5.61. The van der Waals surface area contributed by atoms with Gasteiger partial charge < -0.3 is 4.42 Å². The molecular weight excluding hydrogens is 174 g/mol. The minimum atomic E-state index is 0.852. The lowest BCUT2D eigenvalue weighted by atomic mass is 10.1. The Balaban J connectivity index is 1.68. The van der Waals surface area contributed by atoms with Gasteiger partial charge in [-0.1, -0.05) is 0 Å². The van der Waals surface area contributed by atoms with E-state index in [1.165, 1.54) is 25.8 Å². The summed E-state index contributed by atoms with van der Waals surface area (Å²) in [7, 11) is 0. The highest BCUT2D eigenvalue weighted by molar-refractivity contribution is 5.06. The zero-order valence-electron chi connectivity index (χ0n) is 8.70. The van der Waals surface area contributed by atoms with Crippen LogP contribution in [0.5, 0.6) is 0 Å². The van der Waals surface area contributed by atoms with Gasteiger partial charge in [-0.2, -0.15) is 0 Å². The van der Waals surface area contributed by atoms with Gasteiger partial charge in [-0.05, 0) is 44.2 Å². The van der Waals surface area contributed by atoms with E-state index in [9.17, 15) is 0 Å². The first-order chi connectivity index (χ1) is 6.81. The van der Waals surface area contributed by atoms with Gasteiger partial charge in [-0.25, -0.2) is 0 Å². The minimum absolute atomic E-state index is 0.852. The van der Waals surface area contributed by atoms with Crippen LogP contribution in [0.3, 0.4) is 0 Å². The number of likely N-dealkylation sites (tertiary alicyclic amines) is 1. The summed E-state index contributed by atoms with van der Waals surface area (Å²) >= 11 is 0. The van der Waals surface area contributed by atoms with E-state index in [1.54, 1.807) is 0 Å². The first-order valence-corrected chi connectivity index (χ1v) is 5.60. The Kier molecular flexibility index (Phi) is 1.91. The first-order valence-electron chi connectivity index (χ1n) is 5.60. The van der Waals surface area contributed by atoms with Crippen LogP contribution in [-0.2, 0) is 6.54 Å². The average molecular weight is 191 g/mol. The van der Waals surface area contributed by atoms with E-state index in [4.69, 9.17) is 4.42 Å². The third-order valence-corrected chi connectivity index (χ3v) is 3.68. The zero-order valence-corrected chi connectivity index (χ0v) is 8.70. The molecule has 14 heavy (non-hydrogen) atoms. The van der Waals surface area contributed by atoms with Gasteiger partial charge in [-0.3, -0.25) is 4.90 Å². The van der Waals surface area contributed by atoms with E-state index in [-0.39, 0.29) is 0 Å². The Labute approximate surface area is 84.9 Å². The van der Waals surface area contributed by atoms with Crippen molar-refractivity contribution in [2.75, 3.05) is 6.54 Å². The van der Waals surface area contributed by atoms with Gasteiger partial charge in [0.25, 0.3) is 0 Å². The normalized spacial score (nSPS) is 31.5. The molecule has 2 aliphatic rings. The molecule has 1 aromatic rings. The summed E-state index contributed by atoms with van der Waals surface area (Å²) in [5.41, 5.74) is 0. The molecule has 1 aliphatic heterocycles. The lowest BCUT2D eigenvalue weighted by Gasteiger charge is -2.25. The predicted octanol–water partition coefficient (Wildman–Crippen LogP) is 2.57. The van der Waals surface area contributed by atoms with Crippen molar-refractivity contribution in [2.24, 2.45) is 5.92 Å². The SMILES string of the molecule is Cc1ccc(CN2CC3CCC2C3)o1. The van der Waals surface area contributed by atoms with Gasteiger partial charge in [-0.15, -0.1) is 0 Å². The predicted molar refractivity (Wildman–Crippen MR) is 55.0 cm³/mol. The molecule has 0 spiro atoms. The van der Waals surface area contributed by atoms with E-state index in [1.807, 2.05) is 6.92 Å². The molecule has 2 nitrogen and oxygen atoms in total. The van der Waals surface area contributed by atoms with Crippen molar-refractivity contribution in [1.82, 2.24) is 4.90 Å². The van der Waals surface area contributed by atoms with Gasteiger partial charge in [0.15, 0.2) is 0 Å². The Morgan fingerprint density at radius 3 is 2.93 bits per heavy atom. The van der Waals surface area contributed by atoms with Crippen molar-refractivity contribution < 1.29 is 4.42 Å². The average Bonchev–Trinajstić information content (AvgIpc) is 2.82. The maximum absolute atomic E-state index is 5.61. The third-order valence-electron chi connectivity index (χ3n) is 3.68. The standard InChI is InChI=1S/C12H17NO/c1-9-2-5-12(14-9)8-13-7-10-3-4-11(13)6-10/h2,5,10-11H,3-4,6-8H2,1H3. The van der Waals surface area contributed by atoms with Crippen LogP contribution in [0.25, 0.3) is 0 Å². The molecule has 2 heterocycles. The first kappa shape index (κ1) is 8.54. The molecule has 76 valence electrons. The van der Waals surface area contributed by atoms with Crippen molar-refractivity contribution in [3.8, 4) is 0 Å². The van der Waals surface area contributed by atoms with Crippen molar-refractivity contribution in [2.45, 2.75) is 38.8 Å². The van der Waals surface area contributed by atoms with E-state index >= 15 is 0 Å². The van der Waals surface area contributed by atoms with Crippen LogP contribution in [0, 0.1) is 12.8 Å². The van der Waals surface area contributed by atoms with Crippen molar-refractivity contribution in [1.29, 1.82) is 0 Å². The molecule has 1 saturated carbocycles. The number of aryl methyl sites for hydroxylation is 1. The zero-order chi connectivity index (χ0) is 9.54. The van der Waals surface area contributed by atoms with Crippen LogP contribution in [0.15, 0.2) is 16.5 Å². The van der Waals surface area contributed by atoms with Crippen molar-refractivity contribution >= 4 is 0 Å². The smallest absolute Gasteiger partial charge is 0.118 e. The molecule has 3 rings (SSSR count). The van der Waals surface area contributed by atoms with Gasteiger partial charge in [0, 0.05) is 12.6 Å². The second-order valence-corrected chi connectivity index (χ2v) is 4.77. The monoisotopic (exact) mass is 191 g/mol. The molecular formula is C12H17NO. The molecule has 1 aliphatic carbocycles. The molecule has 2 unspecified atom stereocenters. The van der Waals surface area contributed by atoms with E-state index in [0.29, 0.717) is 0 Å². The fourth-order valence-electron chi connectivity index (χ4n) is 2.99. The lowest BCUT2D eigenvalue weighted by Crippen LogP contribution is -2.31. The summed E-state index contributed by atoms with van der Waals surface area (Å²) in [4.78, 5) is 2.59. The molecule has 0 N–H and O–H groups in total. The Morgan fingerprint density at radius 1 is 1.43 bits per heavy atom. The van der Waals surface area contributed by atoms with Crippen molar-refractivity contribution in [3.05, 3.63) is 23.7 Å². The number of rotatable bonds is 2. The van der Waals surface area contributed by atoms with Crippen LogP contribution < -0.4 is 0 Å². The summed E-state index contributed by atoms with van der Waals surface area (Å²) in [5.74, 6) is 3.15. The van der Waals surface area contributed by atoms with E-state index in [0.717, 1.165) is 30.0 Å². The van der Waals surface area contributed by atoms with Crippen LogP contribution >= 0.6 is 0 Å². The maximum Gasteiger partial charge on any atom is 0.118 e. The highest BCUT2D eigenvalue weighted by Gasteiger charge is 2.37. The fourth-order valence-corrected chi connectivity index (χ4v) is 2.99. The molecule has 2 bridgehead atoms. The second kappa shape index (κ2) is 3.13. The molecule has 2 heteroatoms. The van der Waals surface area contributed by atoms with Gasteiger partial charge in [0.05, 0.1) is 6.54 Å². The van der Waals surface area contributed by atoms with E-state index in [2.05, 4.69) is 17.0 Å². The van der Waals surface area contributed by atoms with E-state index < -0.39 is 0 Å². The second-order valence-electron chi connectivity index (χ2n) is 4.77. The Morgan fingerprint density at radius 2 is 2.36 bits per heavy atom. The number of nitrogens with zero attached hydrogens (tertiary/aromatic N) is 1. The third kappa shape index (κ3) is 1.38.